The summed E-state index contributed by atoms with van der Waals surface area (Å²) in [6.45, 7) is 2.22. The first kappa shape index (κ1) is 27.0. The third-order valence-electron chi connectivity index (χ3n) is 9.86. The second kappa shape index (κ2) is 10.3. The molecule has 0 N–H and O–H groups in total. The molecule has 7 aromatic carbocycles. The van der Waals surface area contributed by atoms with Crippen molar-refractivity contribution in [1.82, 2.24) is 0 Å². The van der Waals surface area contributed by atoms with Gasteiger partial charge in [0.2, 0.25) is 0 Å². The molecule has 1 nitrogen and oxygen atoms in total. The number of benzene rings is 7. The number of fused-ring (bicyclic) bond motifs is 10. The zero-order chi connectivity index (χ0) is 30.8. The Labute approximate surface area is 275 Å². The van der Waals surface area contributed by atoms with Gasteiger partial charge in [-0.05, 0) is 111 Å². The largest absolute Gasteiger partial charge is 0.310 e. The lowest BCUT2D eigenvalue weighted by molar-refractivity contribution is 0.794. The average Bonchev–Trinajstić information content (AvgIpc) is 3.59. The van der Waals surface area contributed by atoms with E-state index in [0.29, 0.717) is 0 Å². The predicted octanol–water partition coefficient (Wildman–Crippen LogP) is 12.1. The van der Waals surface area contributed by atoms with Crippen molar-refractivity contribution >= 4 is 28.7 Å². The molecule has 218 valence electrons. The molecule has 7 aromatic rings. The van der Waals surface area contributed by atoms with Crippen LogP contribution in [0.4, 0.5) is 17.1 Å². The molecule has 0 fully saturated rings. The summed E-state index contributed by atoms with van der Waals surface area (Å²) in [4.78, 5) is 2.34. The van der Waals surface area contributed by atoms with Crippen LogP contribution in [-0.2, 0) is 5.41 Å². The van der Waals surface area contributed by atoms with Gasteiger partial charge in [0.05, 0.1) is 5.41 Å². The summed E-state index contributed by atoms with van der Waals surface area (Å²) in [7, 11) is 0. The highest BCUT2D eigenvalue weighted by Gasteiger charge is 2.53. The summed E-state index contributed by atoms with van der Waals surface area (Å²) in [5.74, 6) is 0. The van der Waals surface area contributed by atoms with E-state index in [1.54, 1.807) is 0 Å². The SMILES string of the molecule is Cc1cc(-c2ccc(Cl)c3c2-c2ccccc2C32c3ccccc3-c3ccccc32)ccc1N(c1ccccc1)c1ccccc1. The van der Waals surface area contributed by atoms with Gasteiger partial charge in [0.15, 0.2) is 0 Å². The van der Waals surface area contributed by atoms with Crippen molar-refractivity contribution in [2.45, 2.75) is 12.3 Å². The quantitative estimate of drug-likeness (QED) is 0.192. The van der Waals surface area contributed by atoms with E-state index < -0.39 is 5.41 Å². The first-order valence-electron chi connectivity index (χ1n) is 15.8. The molecule has 9 rings (SSSR count). The van der Waals surface area contributed by atoms with Crippen molar-refractivity contribution < 1.29 is 0 Å². The van der Waals surface area contributed by atoms with Crippen molar-refractivity contribution in [3.63, 3.8) is 0 Å². The summed E-state index contributed by atoms with van der Waals surface area (Å²) in [6, 6.07) is 59.0. The monoisotopic (exact) mass is 607 g/mol. The van der Waals surface area contributed by atoms with Gasteiger partial charge in [0.25, 0.3) is 0 Å². The predicted molar refractivity (Wildman–Crippen MR) is 193 cm³/mol. The molecule has 0 aromatic heterocycles. The maximum Gasteiger partial charge on any atom is 0.0740 e. The van der Waals surface area contributed by atoms with Crippen LogP contribution in [0.5, 0.6) is 0 Å². The number of hydrogen-bond donors (Lipinski definition) is 0. The van der Waals surface area contributed by atoms with E-state index in [1.807, 2.05) is 0 Å². The molecule has 0 saturated carbocycles. The first-order valence-corrected chi connectivity index (χ1v) is 16.2. The highest BCUT2D eigenvalue weighted by molar-refractivity contribution is 6.33. The highest BCUT2D eigenvalue weighted by atomic mass is 35.5. The van der Waals surface area contributed by atoms with E-state index >= 15 is 0 Å². The molecular formula is C44H30ClN. The summed E-state index contributed by atoms with van der Waals surface area (Å²) in [5.41, 5.74) is 16.6. The van der Waals surface area contributed by atoms with E-state index in [2.05, 4.69) is 176 Å². The molecule has 1 spiro atoms. The van der Waals surface area contributed by atoms with Crippen LogP contribution in [0.3, 0.4) is 0 Å². The summed E-state index contributed by atoms with van der Waals surface area (Å²) in [5, 5.41) is 0.800. The normalized spacial score (nSPS) is 13.2. The number of anilines is 3. The van der Waals surface area contributed by atoms with Gasteiger partial charge in [-0.2, -0.15) is 0 Å². The minimum absolute atomic E-state index is 0.474. The maximum atomic E-state index is 7.35. The lowest BCUT2D eigenvalue weighted by Crippen LogP contribution is -2.26. The van der Waals surface area contributed by atoms with Crippen LogP contribution in [0, 0.1) is 6.92 Å². The molecule has 0 unspecified atom stereocenters. The van der Waals surface area contributed by atoms with Crippen LogP contribution in [0.15, 0.2) is 164 Å². The molecule has 0 aliphatic heterocycles. The van der Waals surface area contributed by atoms with Gasteiger partial charge in [0.1, 0.15) is 0 Å². The zero-order valence-electron chi connectivity index (χ0n) is 25.4. The van der Waals surface area contributed by atoms with Crippen LogP contribution in [0.25, 0.3) is 33.4 Å². The van der Waals surface area contributed by atoms with Crippen LogP contribution >= 0.6 is 11.6 Å². The average molecular weight is 608 g/mol. The zero-order valence-corrected chi connectivity index (χ0v) is 26.2. The number of rotatable bonds is 4. The number of aryl methyl sites for hydroxylation is 1. The third kappa shape index (κ3) is 3.70. The van der Waals surface area contributed by atoms with Crippen LogP contribution in [0.1, 0.15) is 27.8 Å². The molecule has 0 atom stereocenters. The van der Waals surface area contributed by atoms with Crippen LogP contribution < -0.4 is 4.90 Å². The minimum Gasteiger partial charge on any atom is -0.310 e. The Morgan fingerprint density at radius 1 is 0.478 bits per heavy atom. The van der Waals surface area contributed by atoms with E-state index in [0.717, 1.165) is 22.1 Å². The number of nitrogens with zero attached hydrogens (tertiary/aromatic N) is 1. The highest BCUT2D eigenvalue weighted by Crippen LogP contribution is 2.65. The molecule has 0 radical (unpaired) electrons. The Hall–Kier alpha value is -5.37. The summed E-state index contributed by atoms with van der Waals surface area (Å²) >= 11 is 7.35. The molecule has 2 heteroatoms. The molecule has 0 amide bonds. The van der Waals surface area contributed by atoms with Gasteiger partial charge < -0.3 is 4.90 Å². The topological polar surface area (TPSA) is 3.24 Å². The smallest absolute Gasteiger partial charge is 0.0740 e. The fourth-order valence-electron chi connectivity index (χ4n) is 8.08. The van der Waals surface area contributed by atoms with E-state index in [-0.39, 0.29) is 0 Å². The van der Waals surface area contributed by atoms with E-state index in [9.17, 15) is 0 Å². The van der Waals surface area contributed by atoms with Gasteiger partial charge in [0, 0.05) is 22.1 Å². The van der Waals surface area contributed by atoms with Crippen molar-refractivity contribution in [2.75, 3.05) is 4.90 Å². The molecule has 2 aliphatic carbocycles. The molecule has 0 saturated heterocycles. The van der Waals surface area contributed by atoms with Crippen molar-refractivity contribution in [2.24, 2.45) is 0 Å². The van der Waals surface area contributed by atoms with Crippen molar-refractivity contribution in [3.05, 3.63) is 197 Å². The Morgan fingerprint density at radius 3 is 1.54 bits per heavy atom. The second-order valence-electron chi connectivity index (χ2n) is 12.2. The van der Waals surface area contributed by atoms with Gasteiger partial charge in [-0.3, -0.25) is 0 Å². The second-order valence-corrected chi connectivity index (χ2v) is 12.6. The van der Waals surface area contributed by atoms with Gasteiger partial charge >= 0.3 is 0 Å². The lowest BCUT2D eigenvalue weighted by Gasteiger charge is -2.31. The van der Waals surface area contributed by atoms with Gasteiger partial charge in [-0.1, -0.05) is 133 Å². The molecule has 0 heterocycles. The molecular weight excluding hydrogens is 578 g/mol. The maximum absolute atomic E-state index is 7.35. The Balaban J connectivity index is 1.28. The Bertz CT molecular complexity index is 2200. The van der Waals surface area contributed by atoms with E-state index in [4.69, 9.17) is 11.6 Å². The fraction of sp³-hybridized carbons (Fsp3) is 0.0455. The Kier molecular flexibility index (Phi) is 6.06. The third-order valence-corrected chi connectivity index (χ3v) is 10.2. The molecule has 46 heavy (non-hydrogen) atoms. The van der Waals surface area contributed by atoms with Crippen molar-refractivity contribution in [1.29, 1.82) is 0 Å². The summed E-state index contributed by atoms with van der Waals surface area (Å²) < 4.78 is 0. The number of halogens is 1. The number of para-hydroxylation sites is 2. The molecule has 2 aliphatic rings. The van der Waals surface area contributed by atoms with Crippen LogP contribution in [0.2, 0.25) is 5.02 Å². The van der Waals surface area contributed by atoms with Crippen LogP contribution in [-0.4, -0.2) is 0 Å². The molecule has 0 bridgehead atoms. The lowest BCUT2D eigenvalue weighted by atomic mass is 9.70. The van der Waals surface area contributed by atoms with Gasteiger partial charge in [-0.15, -0.1) is 0 Å². The Morgan fingerprint density at radius 2 is 0.978 bits per heavy atom. The fourth-order valence-corrected chi connectivity index (χ4v) is 8.38. The minimum atomic E-state index is -0.474. The standard InChI is InChI=1S/C44H30ClN/c1-29-28-30(24-27-41(29)46(31-14-4-2-5-15-31)32-16-6-3-7-17-32)33-25-26-40(45)43-42(33)36-20-10-13-23-39(36)44(43)37-21-11-8-18-34(37)35-19-9-12-22-38(35)44/h2-28H,1H3. The van der Waals surface area contributed by atoms with E-state index in [1.165, 1.54) is 61.2 Å². The summed E-state index contributed by atoms with van der Waals surface area (Å²) in [6.07, 6.45) is 0. The first-order chi connectivity index (χ1) is 22.7. The number of hydrogen-bond acceptors (Lipinski definition) is 1. The van der Waals surface area contributed by atoms with Crippen molar-refractivity contribution in [3.8, 4) is 33.4 Å². The van der Waals surface area contributed by atoms with Gasteiger partial charge in [-0.25, -0.2) is 0 Å².